The van der Waals surface area contributed by atoms with Crippen molar-refractivity contribution in [2.75, 3.05) is 10.2 Å². The van der Waals surface area contributed by atoms with E-state index in [9.17, 15) is 9.59 Å². The lowest BCUT2D eigenvalue weighted by Crippen LogP contribution is -2.26. The maximum absolute atomic E-state index is 13.2. The van der Waals surface area contributed by atoms with Gasteiger partial charge < -0.3 is 9.88 Å². The Morgan fingerprint density at radius 1 is 0.868 bits per heavy atom. The van der Waals surface area contributed by atoms with Crippen molar-refractivity contribution >= 4 is 39.6 Å². The van der Waals surface area contributed by atoms with E-state index in [4.69, 9.17) is 5.26 Å². The van der Waals surface area contributed by atoms with Gasteiger partial charge in [0.15, 0.2) is 0 Å². The van der Waals surface area contributed by atoms with Gasteiger partial charge in [-0.3, -0.25) is 14.5 Å². The van der Waals surface area contributed by atoms with Crippen LogP contribution in [0.4, 0.5) is 17.1 Å². The molecule has 0 aliphatic carbocycles. The van der Waals surface area contributed by atoms with Crippen molar-refractivity contribution in [1.29, 1.82) is 5.26 Å². The highest BCUT2D eigenvalue weighted by Gasteiger charge is 2.28. The Morgan fingerprint density at radius 3 is 2.42 bits per heavy atom. The number of aryl methyl sites for hydroxylation is 2. The third-order valence-corrected chi connectivity index (χ3v) is 6.80. The Bertz CT molecular complexity index is 1710. The fourth-order valence-electron chi connectivity index (χ4n) is 4.91. The molecule has 2 heterocycles. The van der Waals surface area contributed by atoms with Crippen molar-refractivity contribution < 1.29 is 9.59 Å². The molecule has 0 atom stereocenters. The monoisotopic (exact) mass is 497 g/mol. The first-order chi connectivity index (χ1) is 18.6. The van der Waals surface area contributed by atoms with Gasteiger partial charge in [0.2, 0.25) is 11.8 Å². The van der Waals surface area contributed by atoms with Gasteiger partial charge in [0.1, 0.15) is 12.2 Å². The average molecular weight is 498 g/mol. The van der Waals surface area contributed by atoms with Crippen LogP contribution in [0.5, 0.6) is 0 Å². The van der Waals surface area contributed by atoms with Crippen LogP contribution in [0, 0.1) is 11.3 Å². The van der Waals surface area contributed by atoms with Gasteiger partial charge in [-0.25, -0.2) is 4.98 Å². The van der Waals surface area contributed by atoms with Crippen molar-refractivity contribution in [2.45, 2.75) is 19.3 Å². The maximum Gasteiger partial charge on any atom is 0.241 e. The highest BCUT2D eigenvalue weighted by atomic mass is 16.2. The van der Waals surface area contributed by atoms with Gasteiger partial charge in [0, 0.05) is 35.6 Å². The van der Waals surface area contributed by atoms with Crippen LogP contribution < -0.4 is 10.2 Å². The van der Waals surface area contributed by atoms with Gasteiger partial charge in [-0.05, 0) is 59.8 Å². The van der Waals surface area contributed by atoms with Crippen LogP contribution in [-0.4, -0.2) is 21.4 Å². The summed E-state index contributed by atoms with van der Waals surface area (Å²) in [6.45, 7) is 0. The van der Waals surface area contributed by atoms with Crippen molar-refractivity contribution in [3.05, 3.63) is 114 Å². The number of benzene rings is 4. The molecule has 5 aromatic rings. The van der Waals surface area contributed by atoms with Crippen LogP contribution >= 0.6 is 0 Å². The lowest BCUT2D eigenvalue weighted by Gasteiger charge is -2.23. The molecule has 6 rings (SSSR count). The van der Waals surface area contributed by atoms with Crippen molar-refractivity contribution in [1.82, 2.24) is 9.55 Å². The molecule has 0 fully saturated rings. The van der Waals surface area contributed by atoms with E-state index >= 15 is 0 Å². The first kappa shape index (κ1) is 23.2. The van der Waals surface area contributed by atoms with E-state index in [0.717, 1.165) is 40.7 Å². The molecular formula is C31H23N5O2. The summed E-state index contributed by atoms with van der Waals surface area (Å²) >= 11 is 0. The summed E-state index contributed by atoms with van der Waals surface area (Å²) in [7, 11) is 0. The number of carbonyl (C=O) groups is 2. The third kappa shape index (κ3) is 4.29. The molecule has 0 spiro atoms. The molecule has 2 amide bonds. The molecule has 0 unspecified atom stereocenters. The first-order valence-electron chi connectivity index (χ1n) is 12.4. The van der Waals surface area contributed by atoms with E-state index in [1.165, 1.54) is 0 Å². The zero-order valence-electron chi connectivity index (χ0n) is 20.5. The van der Waals surface area contributed by atoms with Crippen LogP contribution in [-0.2, 0) is 22.4 Å². The number of hydrogen-bond acceptors (Lipinski definition) is 4. The van der Waals surface area contributed by atoms with Crippen LogP contribution in [0.2, 0.25) is 0 Å². The predicted octanol–water partition coefficient (Wildman–Crippen LogP) is 5.69. The van der Waals surface area contributed by atoms with Crippen molar-refractivity contribution in [3.63, 3.8) is 0 Å². The number of nitrogens with zero attached hydrogens (tertiary/aromatic N) is 4. The third-order valence-electron chi connectivity index (χ3n) is 6.80. The minimum Gasteiger partial charge on any atom is -0.323 e. The van der Waals surface area contributed by atoms with E-state index in [0.29, 0.717) is 22.6 Å². The summed E-state index contributed by atoms with van der Waals surface area (Å²) in [5.74, 6) is 0.312. The minimum atomic E-state index is -0.322. The molecule has 7 heteroatoms. The minimum absolute atomic E-state index is 0.230. The Labute approximate surface area is 219 Å². The number of rotatable bonds is 5. The van der Waals surface area contributed by atoms with Gasteiger partial charge in [-0.1, -0.05) is 42.5 Å². The number of anilines is 3. The number of aromatic nitrogens is 2. The SMILES string of the molecule is N#Cc1ccc(CCc2nccn2-c2ccc(N3C(=O)CC(=O)Nc4c3ccc3ccccc43)cc2)cc1. The fourth-order valence-corrected chi connectivity index (χ4v) is 4.91. The molecule has 184 valence electrons. The van der Waals surface area contributed by atoms with Crippen molar-refractivity contribution in [3.8, 4) is 11.8 Å². The average Bonchev–Trinajstić information content (AvgIpc) is 3.37. The lowest BCUT2D eigenvalue weighted by molar-refractivity contribution is -0.124. The number of nitrogens with one attached hydrogen (secondary N) is 1. The molecule has 1 aliphatic rings. The van der Waals surface area contributed by atoms with E-state index < -0.39 is 0 Å². The standard InChI is InChI=1S/C31H23N5O2/c32-20-22-7-5-21(6-8-22)9-16-28-33-17-18-35(28)24-11-13-25(14-12-24)36-27-15-10-23-3-1-2-4-26(23)31(27)34-29(37)19-30(36)38/h1-8,10-15,17-18H,9,16,19H2,(H,34,37). The number of carbonyl (C=O) groups excluding carboxylic acids is 2. The zero-order chi connectivity index (χ0) is 26.1. The Kier molecular flexibility index (Phi) is 5.91. The van der Waals surface area contributed by atoms with Gasteiger partial charge >= 0.3 is 0 Å². The molecule has 0 saturated heterocycles. The number of fused-ring (bicyclic) bond motifs is 3. The molecule has 1 aromatic heterocycles. The van der Waals surface area contributed by atoms with E-state index in [1.807, 2.05) is 95.7 Å². The normalized spacial score (nSPS) is 13.1. The second-order valence-corrected chi connectivity index (χ2v) is 9.17. The topological polar surface area (TPSA) is 91.0 Å². The number of nitriles is 1. The van der Waals surface area contributed by atoms with Crippen molar-refractivity contribution in [2.24, 2.45) is 0 Å². The summed E-state index contributed by atoms with van der Waals surface area (Å²) in [6.07, 6.45) is 5.00. The molecule has 7 nitrogen and oxygen atoms in total. The summed E-state index contributed by atoms with van der Waals surface area (Å²) in [6, 6.07) is 29.1. The van der Waals surface area contributed by atoms with Crippen LogP contribution in [0.15, 0.2) is 97.3 Å². The Balaban J connectivity index is 1.29. The van der Waals surface area contributed by atoms with E-state index in [-0.39, 0.29) is 18.2 Å². The van der Waals surface area contributed by atoms with Gasteiger partial charge in [0.25, 0.3) is 0 Å². The quantitative estimate of drug-likeness (QED) is 0.316. The fraction of sp³-hybridized carbons (Fsp3) is 0.0968. The zero-order valence-corrected chi connectivity index (χ0v) is 20.5. The summed E-state index contributed by atoms with van der Waals surface area (Å²) < 4.78 is 2.03. The van der Waals surface area contributed by atoms with Gasteiger partial charge in [-0.15, -0.1) is 0 Å². The number of hydrogen-bond donors (Lipinski definition) is 1. The van der Waals surface area contributed by atoms with Crippen LogP contribution in [0.3, 0.4) is 0 Å². The summed E-state index contributed by atoms with van der Waals surface area (Å²) in [4.78, 5) is 31.9. The highest BCUT2D eigenvalue weighted by molar-refractivity contribution is 6.21. The van der Waals surface area contributed by atoms with E-state index in [2.05, 4.69) is 16.4 Å². The lowest BCUT2D eigenvalue weighted by atomic mass is 10.1. The first-order valence-corrected chi connectivity index (χ1v) is 12.4. The molecule has 0 saturated carbocycles. The molecule has 0 bridgehead atoms. The maximum atomic E-state index is 13.2. The van der Waals surface area contributed by atoms with Crippen LogP contribution in [0.25, 0.3) is 16.5 Å². The second kappa shape index (κ2) is 9.68. The number of amides is 2. The smallest absolute Gasteiger partial charge is 0.241 e. The Hall–Kier alpha value is -5.22. The van der Waals surface area contributed by atoms with Gasteiger partial charge in [0.05, 0.1) is 23.0 Å². The summed E-state index contributed by atoms with van der Waals surface area (Å²) in [5.41, 5.74) is 4.69. The largest absolute Gasteiger partial charge is 0.323 e. The molecule has 4 aromatic carbocycles. The predicted molar refractivity (Wildman–Crippen MR) is 146 cm³/mol. The highest BCUT2D eigenvalue weighted by Crippen LogP contribution is 2.40. The molecular weight excluding hydrogens is 474 g/mol. The van der Waals surface area contributed by atoms with E-state index in [1.54, 1.807) is 11.1 Å². The molecule has 0 radical (unpaired) electrons. The molecule has 1 N–H and O–H groups in total. The second-order valence-electron chi connectivity index (χ2n) is 9.17. The van der Waals surface area contributed by atoms with Gasteiger partial charge in [-0.2, -0.15) is 5.26 Å². The Morgan fingerprint density at radius 2 is 1.63 bits per heavy atom. The van der Waals surface area contributed by atoms with Crippen LogP contribution in [0.1, 0.15) is 23.4 Å². The molecule has 1 aliphatic heterocycles. The summed E-state index contributed by atoms with van der Waals surface area (Å²) in [5, 5.41) is 13.8. The molecule has 38 heavy (non-hydrogen) atoms. The number of imidazole rings is 1.